The standard InChI is InChI=1S/C23H33N3O2.HI/c1-3-24-23(26-17-15-20-11-13-22(27-2)14-12-20)25-16-7-8-18-28-19-21-9-5-4-6-10-21;/h4-6,9-14H,3,7-8,15-19H2,1-2H3,(H2,24,25,26);1H. The van der Waals surface area contributed by atoms with Crippen molar-refractivity contribution < 1.29 is 9.47 Å². The van der Waals surface area contributed by atoms with E-state index in [1.54, 1.807) is 7.11 Å². The van der Waals surface area contributed by atoms with Gasteiger partial charge in [-0.2, -0.15) is 0 Å². The zero-order valence-electron chi connectivity index (χ0n) is 17.5. The zero-order chi connectivity index (χ0) is 19.9. The Hall–Kier alpha value is -1.80. The summed E-state index contributed by atoms with van der Waals surface area (Å²) in [5.74, 6) is 1.76. The number of ether oxygens (including phenoxy) is 2. The van der Waals surface area contributed by atoms with Crippen molar-refractivity contribution in [2.75, 3.05) is 33.4 Å². The van der Waals surface area contributed by atoms with Crippen molar-refractivity contribution >= 4 is 29.9 Å². The van der Waals surface area contributed by atoms with Crippen LogP contribution in [0.5, 0.6) is 5.75 Å². The van der Waals surface area contributed by atoms with Crippen LogP contribution in [0.3, 0.4) is 0 Å². The van der Waals surface area contributed by atoms with Crippen molar-refractivity contribution in [3.63, 3.8) is 0 Å². The molecule has 2 aromatic rings. The highest BCUT2D eigenvalue weighted by molar-refractivity contribution is 14.0. The van der Waals surface area contributed by atoms with Crippen LogP contribution in [0.15, 0.2) is 59.6 Å². The minimum atomic E-state index is 0. The number of nitrogens with zero attached hydrogens (tertiary/aromatic N) is 1. The fourth-order valence-electron chi connectivity index (χ4n) is 2.73. The molecule has 2 rings (SSSR count). The summed E-state index contributed by atoms with van der Waals surface area (Å²) in [6.07, 6.45) is 2.98. The lowest BCUT2D eigenvalue weighted by atomic mass is 10.1. The lowest BCUT2D eigenvalue weighted by molar-refractivity contribution is 0.117. The molecular formula is C23H34IN3O2. The SMILES string of the molecule is CCNC(=NCCCCOCc1ccccc1)NCCc1ccc(OC)cc1.I. The highest BCUT2D eigenvalue weighted by Crippen LogP contribution is 2.11. The molecule has 2 aromatic carbocycles. The Bertz CT molecular complexity index is 678. The van der Waals surface area contributed by atoms with Gasteiger partial charge in [0.05, 0.1) is 13.7 Å². The van der Waals surface area contributed by atoms with Crippen molar-refractivity contribution in [1.29, 1.82) is 0 Å². The molecule has 0 radical (unpaired) electrons. The fraction of sp³-hybridized carbons (Fsp3) is 0.435. The van der Waals surface area contributed by atoms with Crippen LogP contribution in [0.25, 0.3) is 0 Å². The summed E-state index contributed by atoms with van der Waals surface area (Å²) in [5, 5.41) is 6.70. The molecule has 0 unspecified atom stereocenters. The average molecular weight is 511 g/mol. The van der Waals surface area contributed by atoms with Gasteiger partial charge >= 0.3 is 0 Å². The molecule has 0 fully saturated rings. The first-order valence-corrected chi connectivity index (χ1v) is 10.1. The van der Waals surface area contributed by atoms with Gasteiger partial charge in [0.25, 0.3) is 0 Å². The van der Waals surface area contributed by atoms with Crippen molar-refractivity contribution in [3.05, 3.63) is 65.7 Å². The highest BCUT2D eigenvalue weighted by atomic mass is 127. The van der Waals surface area contributed by atoms with E-state index in [-0.39, 0.29) is 24.0 Å². The Kier molecular flexibility index (Phi) is 14.0. The Labute approximate surface area is 192 Å². The Morgan fingerprint density at radius 3 is 2.38 bits per heavy atom. The van der Waals surface area contributed by atoms with E-state index < -0.39 is 0 Å². The molecule has 0 aromatic heterocycles. The summed E-state index contributed by atoms with van der Waals surface area (Å²) < 4.78 is 10.9. The quantitative estimate of drug-likeness (QED) is 0.192. The van der Waals surface area contributed by atoms with Gasteiger partial charge in [0.15, 0.2) is 5.96 Å². The van der Waals surface area contributed by atoms with Crippen molar-refractivity contribution in [2.45, 2.75) is 32.8 Å². The Morgan fingerprint density at radius 2 is 1.69 bits per heavy atom. The van der Waals surface area contributed by atoms with Gasteiger partial charge in [-0.1, -0.05) is 42.5 Å². The second-order valence-electron chi connectivity index (χ2n) is 6.53. The molecular weight excluding hydrogens is 477 g/mol. The lowest BCUT2D eigenvalue weighted by Crippen LogP contribution is -2.38. The number of hydrogen-bond donors (Lipinski definition) is 2. The van der Waals surface area contributed by atoms with Crippen LogP contribution in [-0.2, 0) is 17.8 Å². The molecule has 2 N–H and O–H groups in total. The summed E-state index contributed by atoms with van der Waals surface area (Å²) in [4.78, 5) is 4.65. The number of rotatable bonds is 12. The minimum Gasteiger partial charge on any atom is -0.497 e. The molecule has 0 aliphatic heterocycles. The molecule has 29 heavy (non-hydrogen) atoms. The molecule has 0 bridgehead atoms. The van der Waals surface area contributed by atoms with Gasteiger partial charge < -0.3 is 20.1 Å². The number of aliphatic imine (C=N–C) groups is 1. The van der Waals surface area contributed by atoms with Crippen LogP contribution < -0.4 is 15.4 Å². The zero-order valence-corrected chi connectivity index (χ0v) is 19.9. The third-order valence-electron chi connectivity index (χ3n) is 4.29. The maximum absolute atomic E-state index is 5.72. The van der Waals surface area contributed by atoms with Crippen LogP contribution in [0.2, 0.25) is 0 Å². The summed E-state index contributed by atoms with van der Waals surface area (Å²) in [6, 6.07) is 18.5. The maximum Gasteiger partial charge on any atom is 0.191 e. The molecule has 0 saturated carbocycles. The first-order chi connectivity index (χ1) is 13.8. The number of halogens is 1. The van der Waals surface area contributed by atoms with Crippen LogP contribution >= 0.6 is 24.0 Å². The van der Waals surface area contributed by atoms with Crippen LogP contribution in [0.1, 0.15) is 30.9 Å². The number of hydrogen-bond acceptors (Lipinski definition) is 3. The second-order valence-corrected chi connectivity index (χ2v) is 6.53. The molecule has 0 spiro atoms. The van der Waals surface area contributed by atoms with Gasteiger partial charge in [-0.25, -0.2) is 0 Å². The van der Waals surface area contributed by atoms with E-state index in [2.05, 4.69) is 46.8 Å². The Balaban J connectivity index is 0.00000420. The number of unbranched alkanes of at least 4 members (excludes halogenated alkanes) is 1. The summed E-state index contributed by atoms with van der Waals surface area (Å²) >= 11 is 0. The third kappa shape index (κ3) is 11.1. The number of methoxy groups -OCH3 is 1. The van der Waals surface area contributed by atoms with Crippen LogP contribution in [0, 0.1) is 0 Å². The van der Waals surface area contributed by atoms with E-state index in [1.807, 2.05) is 30.3 Å². The summed E-state index contributed by atoms with van der Waals surface area (Å²) in [6.45, 7) is 6.03. The smallest absolute Gasteiger partial charge is 0.191 e. The van der Waals surface area contributed by atoms with E-state index in [4.69, 9.17) is 9.47 Å². The van der Waals surface area contributed by atoms with E-state index in [1.165, 1.54) is 11.1 Å². The van der Waals surface area contributed by atoms with Crippen molar-refractivity contribution in [3.8, 4) is 5.75 Å². The van der Waals surface area contributed by atoms with E-state index >= 15 is 0 Å². The molecule has 0 aliphatic rings. The van der Waals surface area contributed by atoms with Gasteiger partial charge in [-0.15, -0.1) is 24.0 Å². The van der Waals surface area contributed by atoms with Crippen molar-refractivity contribution in [1.82, 2.24) is 10.6 Å². The first-order valence-electron chi connectivity index (χ1n) is 10.1. The molecule has 0 heterocycles. The van der Waals surface area contributed by atoms with Gasteiger partial charge in [0, 0.05) is 26.2 Å². The molecule has 0 saturated heterocycles. The monoisotopic (exact) mass is 511 g/mol. The van der Waals surface area contributed by atoms with E-state index in [9.17, 15) is 0 Å². The van der Waals surface area contributed by atoms with Gasteiger partial charge in [0.1, 0.15) is 5.75 Å². The topological polar surface area (TPSA) is 54.9 Å². The molecule has 0 atom stereocenters. The normalized spacial score (nSPS) is 10.9. The third-order valence-corrected chi connectivity index (χ3v) is 4.29. The van der Waals surface area contributed by atoms with Gasteiger partial charge in [-0.3, -0.25) is 4.99 Å². The van der Waals surface area contributed by atoms with Crippen LogP contribution in [0.4, 0.5) is 0 Å². The fourth-order valence-corrected chi connectivity index (χ4v) is 2.73. The Morgan fingerprint density at radius 1 is 0.931 bits per heavy atom. The van der Waals surface area contributed by atoms with E-state index in [0.717, 1.165) is 57.2 Å². The van der Waals surface area contributed by atoms with E-state index in [0.29, 0.717) is 6.61 Å². The lowest BCUT2D eigenvalue weighted by Gasteiger charge is -2.11. The molecule has 0 aliphatic carbocycles. The second kappa shape index (κ2) is 16.0. The maximum atomic E-state index is 5.72. The molecule has 5 nitrogen and oxygen atoms in total. The molecule has 6 heteroatoms. The number of benzene rings is 2. The van der Waals surface area contributed by atoms with Gasteiger partial charge in [-0.05, 0) is 49.4 Å². The number of guanidine groups is 1. The van der Waals surface area contributed by atoms with Gasteiger partial charge in [0.2, 0.25) is 0 Å². The minimum absolute atomic E-state index is 0. The molecule has 0 amide bonds. The van der Waals surface area contributed by atoms with Crippen LogP contribution in [-0.4, -0.2) is 39.3 Å². The largest absolute Gasteiger partial charge is 0.497 e. The summed E-state index contributed by atoms with van der Waals surface area (Å²) in [7, 11) is 1.69. The predicted octanol–water partition coefficient (Wildman–Crippen LogP) is 4.41. The van der Waals surface area contributed by atoms with Crippen molar-refractivity contribution in [2.24, 2.45) is 4.99 Å². The number of nitrogens with one attached hydrogen (secondary N) is 2. The summed E-state index contributed by atoms with van der Waals surface area (Å²) in [5.41, 5.74) is 2.50. The first kappa shape index (κ1) is 25.2. The highest BCUT2D eigenvalue weighted by Gasteiger charge is 1.99. The predicted molar refractivity (Wildman–Crippen MR) is 131 cm³/mol. The average Bonchev–Trinajstić information content (AvgIpc) is 2.74. The molecule has 160 valence electrons.